The van der Waals surface area contributed by atoms with Gasteiger partial charge in [0.05, 0.1) is 6.61 Å². The van der Waals surface area contributed by atoms with Gasteiger partial charge >= 0.3 is 0 Å². The van der Waals surface area contributed by atoms with Gasteiger partial charge in [-0.1, -0.05) is 19.3 Å². The van der Waals surface area contributed by atoms with Gasteiger partial charge in [0.25, 0.3) is 0 Å². The van der Waals surface area contributed by atoms with Gasteiger partial charge in [-0.05, 0) is 38.0 Å². The molecule has 2 rings (SSSR count). The summed E-state index contributed by atoms with van der Waals surface area (Å²) >= 11 is 0. The molecule has 1 amide bonds. The third-order valence-corrected chi connectivity index (χ3v) is 4.71. The maximum Gasteiger partial charge on any atom is 0.223 e. The zero-order valence-electron chi connectivity index (χ0n) is 11.9. The summed E-state index contributed by atoms with van der Waals surface area (Å²) in [4.78, 5) is 14.4. The largest absolute Gasteiger partial charge is 0.395 e. The van der Waals surface area contributed by atoms with Gasteiger partial charge in [-0.15, -0.1) is 0 Å². The van der Waals surface area contributed by atoms with Crippen molar-refractivity contribution in [3.63, 3.8) is 0 Å². The Hall–Kier alpha value is -0.610. The van der Waals surface area contributed by atoms with E-state index < -0.39 is 0 Å². The molecule has 0 aromatic carbocycles. The Morgan fingerprint density at radius 1 is 1.16 bits per heavy atom. The number of nitrogens with two attached hydrogens (primary N) is 1. The van der Waals surface area contributed by atoms with E-state index in [1.807, 2.05) is 4.90 Å². The van der Waals surface area contributed by atoms with Crippen LogP contribution in [0.1, 0.15) is 57.8 Å². The fourth-order valence-electron chi connectivity index (χ4n) is 3.72. The van der Waals surface area contributed by atoms with E-state index in [-0.39, 0.29) is 18.6 Å². The smallest absolute Gasteiger partial charge is 0.223 e. The minimum atomic E-state index is 0.0758. The molecule has 2 atom stereocenters. The first-order valence-electron chi connectivity index (χ1n) is 7.86. The monoisotopic (exact) mass is 268 g/mol. The van der Waals surface area contributed by atoms with Crippen molar-refractivity contribution in [3.05, 3.63) is 0 Å². The van der Waals surface area contributed by atoms with Crippen molar-refractivity contribution in [3.8, 4) is 0 Å². The van der Waals surface area contributed by atoms with Crippen LogP contribution in [0.2, 0.25) is 0 Å². The predicted octanol–water partition coefficient (Wildman–Crippen LogP) is 1.66. The molecule has 0 aromatic heterocycles. The van der Waals surface area contributed by atoms with E-state index in [1.54, 1.807) is 0 Å². The molecule has 0 aliphatic heterocycles. The van der Waals surface area contributed by atoms with Crippen LogP contribution in [0.5, 0.6) is 0 Å². The topological polar surface area (TPSA) is 66.6 Å². The highest BCUT2D eigenvalue weighted by atomic mass is 16.3. The number of carbonyl (C=O) groups is 1. The number of aliphatic hydroxyl groups is 1. The standard InChI is InChI=1S/C15H28N2O2/c16-13-5-3-4-12(10-13)11-15(19)17(8-9-18)14-6-1-2-7-14/h12-14,18H,1-11,16H2. The average molecular weight is 268 g/mol. The van der Waals surface area contributed by atoms with Crippen molar-refractivity contribution in [1.82, 2.24) is 4.90 Å². The Morgan fingerprint density at radius 3 is 2.53 bits per heavy atom. The minimum Gasteiger partial charge on any atom is -0.395 e. The zero-order valence-corrected chi connectivity index (χ0v) is 11.9. The Bertz CT molecular complexity index is 290. The normalized spacial score (nSPS) is 28.5. The van der Waals surface area contributed by atoms with Gasteiger partial charge in [0, 0.05) is 25.0 Å². The SMILES string of the molecule is NC1CCCC(CC(=O)N(CCO)C2CCCC2)C1. The third kappa shape index (κ3) is 4.18. The highest BCUT2D eigenvalue weighted by molar-refractivity contribution is 5.76. The van der Waals surface area contributed by atoms with Gasteiger partial charge in [0.2, 0.25) is 5.91 Å². The van der Waals surface area contributed by atoms with Crippen molar-refractivity contribution < 1.29 is 9.90 Å². The number of carbonyl (C=O) groups excluding carboxylic acids is 1. The van der Waals surface area contributed by atoms with Crippen molar-refractivity contribution >= 4 is 5.91 Å². The van der Waals surface area contributed by atoms with Crippen LogP contribution in [0, 0.1) is 5.92 Å². The fourth-order valence-corrected chi connectivity index (χ4v) is 3.72. The molecule has 0 aromatic rings. The number of amides is 1. The van der Waals surface area contributed by atoms with Crippen molar-refractivity contribution in [2.24, 2.45) is 11.7 Å². The summed E-state index contributed by atoms with van der Waals surface area (Å²) in [6, 6.07) is 0.654. The van der Waals surface area contributed by atoms with Crippen molar-refractivity contribution in [1.29, 1.82) is 0 Å². The molecule has 0 saturated heterocycles. The van der Waals surface area contributed by atoms with Gasteiger partial charge in [-0.2, -0.15) is 0 Å². The van der Waals surface area contributed by atoms with Crippen LogP contribution < -0.4 is 5.73 Å². The van der Waals surface area contributed by atoms with Crippen molar-refractivity contribution in [2.45, 2.75) is 69.9 Å². The van der Waals surface area contributed by atoms with E-state index in [9.17, 15) is 9.90 Å². The molecule has 0 spiro atoms. The first-order valence-corrected chi connectivity index (χ1v) is 7.86. The molecule has 2 aliphatic rings. The van der Waals surface area contributed by atoms with E-state index in [0.29, 0.717) is 24.9 Å². The molecule has 0 bridgehead atoms. The van der Waals surface area contributed by atoms with Crippen LogP contribution in [0.4, 0.5) is 0 Å². The van der Waals surface area contributed by atoms with Crippen LogP contribution in [0.15, 0.2) is 0 Å². The van der Waals surface area contributed by atoms with E-state index >= 15 is 0 Å². The van der Waals surface area contributed by atoms with Crippen LogP contribution in [-0.2, 0) is 4.79 Å². The lowest BCUT2D eigenvalue weighted by Crippen LogP contribution is -2.42. The molecule has 3 N–H and O–H groups in total. The average Bonchev–Trinajstić information content (AvgIpc) is 2.89. The minimum absolute atomic E-state index is 0.0758. The molecule has 110 valence electrons. The van der Waals surface area contributed by atoms with Crippen LogP contribution in [0.3, 0.4) is 0 Å². The summed E-state index contributed by atoms with van der Waals surface area (Å²) < 4.78 is 0. The van der Waals surface area contributed by atoms with Gasteiger partial charge in [-0.25, -0.2) is 0 Å². The lowest BCUT2D eigenvalue weighted by Gasteiger charge is -2.32. The number of nitrogens with zero attached hydrogens (tertiary/aromatic N) is 1. The molecule has 2 fully saturated rings. The Kier molecular flexibility index (Phi) is 5.64. The first-order chi connectivity index (χ1) is 9.20. The summed E-state index contributed by atoms with van der Waals surface area (Å²) in [5.74, 6) is 0.693. The molecular formula is C15H28N2O2. The summed E-state index contributed by atoms with van der Waals surface area (Å²) in [6.45, 7) is 0.578. The van der Waals surface area contributed by atoms with E-state index in [2.05, 4.69) is 0 Å². The lowest BCUT2D eigenvalue weighted by atomic mass is 9.84. The lowest BCUT2D eigenvalue weighted by molar-refractivity contribution is -0.135. The summed E-state index contributed by atoms with van der Waals surface area (Å²) in [5, 5.41) is 9.18. The summed E-state index contributed by atoms with van der Waals surface area (Å²) in [7, 11) is 0. The zero-order chi connectivity index (χ0) is 13.7. The quantitative estimate of drug-likeness (QED) is 0.797. The maximum atomic E-state index is 12.5. The predicted molar refractivity (Wildman–Crippen MR) is 75.6 cm³/mol. The summed E-state index contributed by atoms with van der Waals surface area (Å²) in [5.41, 5.74) is 5.99. The number of aliphatic hydroxyl groups excluding tert-OH is 1. The van der Waals surface area contributed by atoms with Gasteiger partial charge in [-0.3, -0.25) is 4.79 Å². The highest BCUT2D eigenvalue weighted by Crippen LogP contribution is 2.29. The van der Waals surface area contributed by atoms with Gasteiger partial charge in [0.1, 0.15) is 0 Å². The Labute approximate surface area is 116 Å². The highest BCUT2D eigenvalue weighted by Gasteiger charge is 2.29. The molecule has 4 nitrogen and oxygen atoms in total. The van der Waals surface area contributed by atoms with Gasteiger partial charge in [0.15, 0.2) is 0 Å². The fraction of sp³-hybridized carbons (Fsp3) is 0.933. The van der Waals surface area contributed by atoms with Gasteiger partial charge < -0.3 is 15.7 Å². The molecular weight excluding hydrogens is 240 g/mol. The number of hydrogen-bond acceptors (Lipinski definition) is 3. The summed E-state index contributed by atoms with van der Waals surface area (Å²) in [6.07, 6.45) is 9.66. The third-order valence-electron chi connectivity index (χ3n) is 4.71. The molecule has 19 heavy (non-hydrogen) atoms. The van der Waals surface area contributed by atoms with Crippen LogP contribution in [-0.4, -0.2) is 41.1 Å². The Balaban J connectivity index is 1.87. The molecule has 2 unspecified atom stereocenters. The number of rotatable bonds is 5. The first kappa shape index (κ1) is 14.8. The Morgan fingerprint density at radius 2 is 1.89 bits per heavy atom. The second kappa shape index (κ2) is 7.25. The second-order valence-corrected chi connectivity index (χ2v) is 6.25. The second-order valence-electron chi connectivity index (χ2n) is 6.25. The molecule has 2 aliphatic carbocycles. The molecule has 2 saturated carbocycles. The van der Waals surface area contributed by atoms with E-state index in [4.69, 9.17) is 5.73 Å². The van der Waals surface area contributed by atoms with Crippen molar-refractivity contribution in [2.75, 3.05) is 13.2 Å². The molecule has 4 heteroatoms. The number of hydrogen-bond donors (Lipinski definition) is 2. The maximum absolute atomic E-state index is 12.5. The molecule has 0 heterocycles. The van der Waals surface area contributed by atoms with Crippen LogP contribution >= 0.6 is 0 Å². The molecule has 0 radical (unpaired) electrons. The van der Waals surface area contributed by atoms with Crippen LogP contribution in [0.25, 0.3) is 0 Å². The van der Waals surface area contributed by atoms with E-state index in [0.717, 1.165) is 38.5 Å². The van der Waals surface area contributed by atoms with E-state index in [1.165, 1.54) is 12.8 Å².